The highest BCUT2D eigenvalue weighted by atomic mass is 79.9. The molecule has 1 heterocycles. The summed E-state index contributed by atoms with van der Waals surface area (Å²) in [6.45, 7) is 1.95. The number of halogens is 2. The van der Waals surface area contributed by atoms with Crippen LogP contribution in [0.1, 0.15) is 15.2 Å². The first-order chi connectivity index (χ1) is 11.0. The molecule has 0 aliphatic rings. The minimum absolute atomic E-state index is 0.267. The van der Waals surface area contributed by atoms with Crippen LogP contribution < -0.4 is 5.32 Å². The molecule has 3 aromatic rings. The average Bonchev–Trinajstić information content (AvgIpc) is 2.88. The van der Waals surface area contributed by atoms with E-state index in [0.29, 0.717) is 5.13 Å². The smallest absolute Gasteiger partial charge is 0.257 e. The van der Waals surface area contributed by atoms with Crippen molar-refractivity contribution in [1.82, 2.24) is 4.98 Å². The molecule has 116 valence electrons. The van der Waals surface area contributed by atoms with Crippen LogP contribution in [0.4, 0.5) is 9.52 Å². The molecule has 0 aliphatic carbocycles. The molecule has 3 nitrogen and oxygen atoms in total. The van der Waals surface area contributed by atoms with Crippen LogP contribution in [0.15, 0.2) is 53.0 Å². The van der Waals surface area contributed by atoms with Gasteiger partial charge in [-0.3, -0.25) is 10.1 Å². The molecule has 0 spiro atoms. The molecule has 0 fully saturated rings. The van der Waals surface area contributed by atoms with Crippen LogP contribution in [0.3, 0.4) is 0 Å². The van der Waals surface area contributed by atoms with Crippen molar-refractivity contribution in [3.05, 3.63) is 69.3 Å². The molecule has 23 heavy (non-hydrogen) atoms. The van der Waals surface area contributed by atoms with Gasteiger partial charge >= 0.3 is 0 Å². The second-order valence-electron chi connectivity index (χ2n) is 4.90. The molecule has 1 aromatic heterocycles. The molecule has 0 saturated carbocycles. The summed E-state index contributed by atoms with van der Waals surface area (Å²) in [6.07, 6.45) is 0. The SMILES string of the molecule is Cc1sc(NC(=O)c2cccc(F)c2)nc1-c1ccc(Br)cc1. The van der Waals surface area contributed by atoms with Gasteiger partial charge in [0.25, 0.3) is 5.91 Å². The molecule has 1 amide bonds. The summed E-state index contributed by atoms with van der Waals surface area (Å²) < 4.78 is 14.2. The Morgan fingerprint density at radius 3 is 2.65 bits per heavy atom. The van der Waals surface area contributed by atoms with Crippen molar-refractivity contribution in [2.75, 3.05) is 5.32 Å². The Hall–Kier alpha value is -2.05. The van der Waals surface area contributed by atoms with E-state index in [1.807, 2.05) is 31.2 Å². The Balaban J connectivity index is 1.83. The Kier molecular flexibility index (Phi) is 4.54. The highest BCUT2D eigenvalue weighted by Crippen LogP contribution is 2.31. The van der Waals surface area contributed by atoms with E-state index in [4.69, 9.17) is 0 Å². The lowest BCUT2D eigenvalue weighted by atomic mass is 10.1. The van der Waals surface area contributed by atoms with Crippen LogP contribution in [0.5, 0.6) is 0 Å². The van der Waals surface area contributed by atoms with Gasteiger partial charge in [-0.25, -0.2) is 9.37 Å². The van der Waals surface area contributed by atoms with Crippen molar-refractivity contribution >= 4 is 38.3 Å². The van der Waals surface area contributed by atoms with Gasteiger partial charge in [0.15, 0.2) is 5.13 Å². The first-order valence-electron chi connectivity index (χ1n) is 6.83. The number of carbonyl (C=O) groups excluding carboxylic acids is 1. The van der Waals surface area contributed by atoms with Crippen LogP contribution in [0.2, 0.25) is 0 Å². The van der Waals surface area contributed by atoms with Crippen molar-refractivity contribution in [3.63, 3.8) is 0 Å². The fourth-order valence-electron chi connectivity index (χ4n) is 2.12. The number of carbonyl (C=O) groups is 1. The van der Waals surface area contributed by atoms with Crippen LogP contribution in [0.25, 0.3) is 11.3 Å². The molecule has 3 rings (SSSR count). The molecular formula is C17H12BrFN2OS. The van der Waals surface area contributed by atoms with E-state index >= 15 is 0 Å². The topological polar surface area (TPSA) is 42.0 Å². The van der Waals surface area contributed by atoms with Gasteiger partial charge in [0.2, 0.25) is 0 Å². The Morgan fingerprint density at radius 2 is 1.96 bits per heavy atom. The lowest BCUT2D eigenvalue weighted by Gasteiger charge is -2.01. The summed E-state index contributed by atoms with van der Waals surface area (Å²) in [6, 6.07) is 13.4. The number of aromatic nitrogens is 1. The van der Waals surface area contributed by atoms with Crippen molar-refractivity contribution in [2.45, 2.75) is 6.92 Å². The number of anilines is 1. The highest BCUT2D eigenvalue weighted by molar-refractivity contribution is 9.10. The average molecular weight is 391 g/mol. The first-order valence-corrected chi connectivity index (χ1v) is 8.44. The van der Waals surface area contributed by atoms with E-state index in [1.165, 1.54) is 29.5 Å². The van der Waals surface area contributed by atoms with Crippen LogP contribution >= 0.6 is 27.3 Å². The summed E-state index contributed by atoms with van der Waals surface area (Å²) in [7, 11) is 0. The molecule has 0 unspecified atom stereocenters. The fraction of sp³-hybridized carbons (Fsp3) is 0.0588. The second kappa shape index (κ2) is 6.60. The molecule has 0 saturated heterocycles. The van der Waals surface area contributed by atoms with Gasteiger partial charge in [-0.2, -0.15) is 0 Å². The zero-order valence-corrected chi connectivity index (χ0v) is 14.5. The minimum Gasteiger partial charge on any atom is -0.298 e. The minimum atomic E-state index is -0.441. The number of thiazole rings is 1. The first kappa shape index (κ1) is 15.8. The zero-order chi connectivity index (χ0) is 16.4. The Morgan fingerprint density at radius 1 is 1.22 bits per heavy atom. The molecule has 0 radical (unpaired) electrons. The predicted octanol–water partition coefficient (Wildman–Crippen LogP) is 5.27. The standard InChI is InChI=1S/C17H12BrFN2OS/c1-10-15(11-5-7-13(18)8-6-11)20-17(23-10)21-16(22)12-3-2-4-14(19)9-12/h2-9H,1H3,(H,20,21,22). The number of rotatable bonds is 3. The van der Waals surface area contributed by atoms with E-state index < -0.39 is 5.82 Å². The van der Waals surface area contributed by atoms with Crippen molar-refractivity contribution in [1.29, 1.82) is 0 Å². The van der Waals surface area contributed by atoms with Crippen LogP contribution in [-0.4, -0.2) is 10.9 Å². The van der Waals surface area contributed by atoms with E-state index in [0.717, 1.165) is 20.6 Å². The maximum absolute atomic E-state index is 13.2. The molecule has 0 aliphatic heterocycles. The monoisotopic (exact) mass is 390 g/mol. The van der Waals surface area contributed by atoms with Crippen molar-refractivity contribution in [2.24, 2.45) is 0 Å². The maximum atomic E-state index is 13.2. The second-order valence-corrected chi connectivity index (χ2v) is 7.01. The number of hydrogen-bond donors (Lipinski definition) is 1. The lowest BCUT2D eigenvalue weighted by molar-refractivity contribution is 0.102. The van der Waals surface area contributed by atoms with Crippen LogP contribution in [-0.2, 0) is 0 Å². The van der Waals surface area contributed by atoms with Gasteiger partial charge in [0.05, 0.1) is 5.69 Å². The summed E-state index contributed by atoms with van der Waals surface area (Å²) in [5.41, 5.74) is 2.08. The Bertz CT molecular complexity index is 861. The molecule has 2 aromatic carbocycles. The summed E-state index contributed by atoms with van der Waals surface area (Å²) in [5, 5.41) is 3.22. The maximum Gasteiger partial charge on any atom is 0.257 e. The number of nitrogens with zero attached hydrogens (tertiary/aromatic N) is 1. The predicted molar refractivity (Wildman–Crippen MR) is 94.3 cm³/mol. The van der Waals surface area contributed by atoms with Gasteiger partial charge in [-0.15, -0.1) is 11.3 Å². The molecular weight excluding hydrogens is 379 g/mol. The quantitative estimate of drug-likeness (QED) is 0.661. The largest absolute Gasteiger partial charge is 0.298 e. The number of hydrogen-bond acceptors (Lipinski definition) is 3. The molecule has 0 bridgehead atoms. The van der Waals surface area contributed by atoms with Gasteiger partial charge < -0.3 is 0 Å². The van der Waals surface area contributed by atoms with E-state index in [1.54, 1.807) is 6.07 Å². The van der Waals surface area contributed by atoms with Gasteiger partial charge in [0.1, 0.15) is 5.82 Å². The summed E-state index contributed by atoms with van der Waals surface area (Å²) >= 11 is 4.79. The number of nitrogens with one attached hydrogen (secondary N) is 1. The molecule has 1 N–H and O–H groups in total. The Labute approximate surface area is 145 Å². The normalized spacial score (nSPS) is 10.6. The lowest BCUT2D eigenvalue weighted by Crippen LogP contribution is -2.11. The fourth-order valence-corrected chi connectivity index (χ4v) is 3.22. The third-order valence-electron chi connectivity index (χ3n) is 3.22. The molecule has 0 atom stereocenters. The van der Waals surface area contributed by atoms with Gasteiger partial charge in [-0.05, 0) is 37.3 Å². The van der Waals surface area contributed by atoms with Crippen molar-refractivity contribution in [3.8, 4) is 11.3 Å². The number of amides is 1. The summed E-state index contributed by atoms with van der Waals surface area (Å²) in [5.74, 6) is -0.816. The van der Waals surface area contributed by atoms with E-state index in [9.17, 15) is 9.18 Å². The third-order valence-corrected chi connectivity index (χ3v) is 4.64. The number of aryl methyl sites for hydroxylation is 1. The van der Waals surface area contributed by atoms with Gasteiger partial charge in [0, 0.05) is 20.5 Å². The van der Waals surface area contributed by atoms with E-state index in [-0.39, 0.29) is 11.5 Å². The van der Waals surface area contributed by atoms with Crippen molar-refractivity contribution < 1.29 is 9.18 Å². The van der Waals surface area contributed by atoms with E-state index in [2.05, 4.69) is 26.2 Å². The van der Waals surface area contributed by atoms with Crippen LogP contribution in [0, 0.1) is 12.7 Å². The van der Waals surface area contributed by atoms with Gasteiger partial charge in [-0.1, -0.05) is 34.1 Å². The highest BCUT2D eigenvalue weighted by Gasteiger charge is 2.13. The number of benzene rings is 2. The molecule has 6 heteroatoms. The third kappa shape index (κ3) is 3.65. The zero-order valence-electron chi connectivity index (χ0n) is 12.1. The summed E-state index contributed by atoms with van der Waals surface area (Å²) in [4.78, 5) is 17.6.